The minimum atomic E-state index is 0.182. The molecule has 3 aliphatic carbocycles. The van der Waals surface area contributed by atoms with Gasteiger partial charge < -0.3 is 0 Å². The summed E-state index contributed by atoms with van der Waals surface area (Å²) in [6.07, 6.45) is 11.9. The molecule has 1 aromatic rings. The average molecular weight is 302 g/mol. The van der Waals surface area contributed by atoms with Crippen molar-refractivity contribution in [1.29, 1.82) is 0 Å². The summed E-state index contributed by atoms with van der Waals surface area (Å²) < 4.78 is 0. The standard InChI is InChI=1S/C23H26/c1-16-17(2)22-20(21(16)18-10-7-8-11-18)14-9-15-23(22,3)19-12-5-4-6-13-19/h4-8,10,12-13,21H,9,11,14-15H2,1-3H3. The fourth-order valence-electron chi connectivity index (χ4n) is 5.13. The molecule has 0 saturated heterocycles. The molecule has 0 heteroatoms. The smallest absolute Gasteiger partial charge is 0.0232 e. The molecule has 0 aliphatic heterocycles. The Morgan fingerprint density at radius 1 is 1.09 bits per heavy atom. The topological polar surface area (TPSA) is 0 Å². The molecule has 118 valence electrons. The number of hydrogen-bond donors (Lipinski definition) is 0. The van der Waals surface area contributed by atoms with Crippen molar-refractivity contribution in [3.8, 4) is 0 Å². The molecule has 0 radical (unpaired) electrons. The first kappa shape index (κ1) is 14.8. The summed E-state index contributed by atoms with van der Waals surface area (Å²) in [5.74, 6) is 0.573. The van der Waals surface area contributed by atoms with Crippen molar-refractivity contribution in [1.82, 2.24) is 0 Å². The minimum absolute atomic E-state index is 0.182. The van der Waals surface area contributed by atoms with Gasteiger partial charge in [-0.25, -0.2) is 0 Å². The Hall–Kier alpha value is -1.82. The Morgan fingerprint density at radius 3 is 2.57 bits per heavy atom. The second kappa shape index (κ2) is 5.37. The molecule has 3 aliphatic rings. The van der Waals surface area contributed by atoms with Gasteiger partial charge in [-0.3, -0.25) is 0 Å². The first-order chi connectivity index (χ1) is 11.1. The lowest BCUT2D eigenvalue weighted by Crippen LogP contribution is -2.29. The summed E-state index contributed by atoms with van der Waals surface area (Å²) in [6.45, 7) is 7.19. The Balaban J connectivity index is 1.87. The zero-order valence-electron chi connectivity index (χ0n) is 14.5. The van der Waals surface area contributed by atoms with Crippen LogP contribution in [0.4, 0.5) is 0 Å². The van der Waals surface area contributed by atoms with E-state index in [1.54, 1.807) is 27.9 Å². The third kappa shape index (κ3) is 2.11. The monoisotopic (exact) mass is 302 g/mol. The molecule has 2 unspecified atom stereocenters. The van der Waals surface area contributed by atoms with E-state index in [4.69, 9.17) is 0 Å². The molecule has 0 N–H and O–H groups in total. The number of hydrogen-bond acceptors (Lipinski definition) is 0. The van der Waals surface area contributed by atoms with Gasteiger partial charge in [0, 0.05) is 11.3 Å². The molecule has 0 heterocycles. The van der Waals surface area contributed by atoms with Crippen LogP contribution < -0.4 is 0 Å². The fraction of sp³-hybridized carbons (Fsp3) is 0.391. The van der Waals surface area contributed by atoms with Crippen LogP contribution in [-0.4, -0.2) is 0 Å². The third-order valence-electron chi connectivity index (χ3n) is 6.33. The van der Waals surface area contributed by atoms with Crippen molar-refractivity contribution in [3.63, 3.8) is 0 Å². The largest absolute Gasteiger partial charge is 0.0804 e. The van der Waals surface area contributed by atoms with Crippen LogP contribution in [-0.2, 0) is 5.41 Å². The molecule has 0 bridgehead atoms. The highest BCUT2D eigenvalue weighted by molar-refractivity contribution is 5.60. The van der Waals surface area contributed by atoms with E-state index in [2.05, 4.69) is 69.3 Å². The van der Waals surface area contributed by atoms with E-state index in [1.165, 1.54) is 24.8 Å². The molecule has 0 spiro atoms. The van der Waals surface area contributed by atoms with Crippen LogP contribution >= 0.6 is 0 Å². The lowest BCUT2D eigenvalue weighted by Gasteiger charge is -2.38. The highest BCUT2D eigenvalue weighted by atomic mass is 14.5. The molecule has 0 saturated carbocycles. The van der Waals surface area contributed by atoms with Gasteiger partial charge in [-0.1, -0.05) is 72.2 Å². The zero-order valence-corrected chi connectivity index (χ0v) is 14.5. The first-order valence-corrected chi connectivity index (χ1v) is 8.95. The molecule has 0 aromatic heterocycles. The van der Waals surface area contributed by atoms with E-state index in [9.17, 15) is 0 Å². The van der Waals surface area contributed by atoms with Crippen molar-refractivity contribution < 1.29 is 0 Å². The van der Waals surface area contributed by atoms with Crippen LogP contribution in [0.3, 0.4) is 0 Å². The van der Waals surface area contributed by atoms with Crippen molar-refractivity contribution in [3.05, 3.63) is 82.0 Å². The van der Waals surface area contributed by atoms with Crippen molar-refractivity contribution >= 4 is 0 Å². The van der Waals surface area contributed by atoms with E-state index < -0.39 is 0 Å². The lowest BCUT2D eigenvalue weighted by molar-refractivity contribution is 0.454. The normalized spacial score (nSPS) is 30.0. The predicted molar refractivity (Wildman–Crippen MR) is 98.4 cm³/mol. The second-order valence-electron chi connectivity index (χ2n) is 7.57. The van der Waals surface area contributed by atoms with E-state index in [0.29, 0.717) is 5.92 Å². The molecular weight excluding hydrogens is 276 g/mol. The van der Waals surface area contributed by atoms with E-state index in [1.807, 2.05) is 0 Å². The Labute approximate surface area is 140 Å². The highest BCUT2D eigenvalue weighted by Gasteiger charge is 2.43. The van der Waals surface area contributed by atoms with Gasteiger partial charge in [0.2, 0.25) is 0 Å². The summed E-state index contributed by atoms with van der Waals surface area (Å²) in [5.41, 5.74) is 9.79. The SMILES string of the molecule is CC1=C(C)C(C2=CC=CC2)C2=C1C(C)(c1ccccc1)CCC2. The Bertz CT molecular complexity index is 754. The summed E-state index contributed by atoms with van der Waals surface area (Å²) in [5, 5.41) is 0. The van der Waals surface area contributed by atoms with Gasteiger partial charge in [0.1, 0.15) is 0 Å². The molecule has 1 aromatic carbocycles. The summed E-state index contributed by atoms with van der Waals surface area (Å²) in [6, 6.07) is 11.2. The lowest BCUT2D eigenvalue weighted by atomic mass is 9.65. The zero-order chi connectivity index (χ0) is 16.0. The summed E-state index contributed by atoms with van der Waals surface area (Å²) >= 11 is 0. The molecule has 0 fully saturated rings. The highest BCUT2D eigenvalue weighted by Crippen LogP contribution is 2.55. The minimum Gasteiger partial charge on any atom is -0.0804 e. The molecule has 0 amide bonds. The Kier molecular flexibility index (Phi) is 3.44. The maximum absolute atomic E-state index is 2.47. The third-order valence-corrected chi connectivity index (χ3v) is 6.33. The van der Waals surface area contributed by atoms with E-state index >= 15 is 0 Å². The molecule has 4 rings (SSSR count). The molecular formula is C23H26. The average Bonchev–Trinajstić information content (AvgIpc) is 3.17. The maximum atomic E-state index is 2.47. The first-order valence-electron chi connectivity index (χ1n) is 8.95. The van der Waals surface area contributed by atoms with Crippen molar-refractivity contribution in [2.24, 2.45) is 5.92 Å². The van der Waals surface area contributed by atoms with Crippen LogP contribution in [0.15, 0.2) is 76.4 Å². The van der Waals surface area contributed by atoms with Gasteiger partial charge in [0.15, 0.2) is 0 Å². The van der Waals surface area contributed by atoms with E-state index in [-0.39, 0.29) is 5.41 Å². The fourth-order valence-corrected chi connectivity index (χ4v) is 5.13. The van der Waals surface area contributed by atoms with Crippen LogP contribution in [0.2, 0.25) is 0 Å². The van der Waals surface area contributed by atoms with Gasteiger partial charge in [-0.05, 0) is 56.2 Å². The quantitative estimate of drug-likeness (QED) is 0.603. The van der Waals surface area contributed by atoms with Crippen LogP contribution in [0.1, 0.15) is 52.0 Å². The van der Waals surface area contributed by atoms with Crippen LogP contribution in [0, 0.1) is 5.92 Å². The Morgan fingerprint density at radius 2 is 1.87 bits per heavy atom. The number of allylic oxidation sites excluding steroid dienone is 8. The van der Waals surface area contributed by atoms with Crippen molar-refractivity contribution in [2.45, 2.75) is 51.9 Å². The predicted octanol–water partition coefficient (Wildman–Crippen LogP) is 6.28. The van der Waals surface area contributed by atoms with Crippen molar-refractivity contribution in [2.75, 3.05) is 0 Å². The number of rotatable bonds is 2. The number of benzene rings is 1. The second-order valence-corrected chi connectivity index (χ2v) is 7.57. The van der Waals surface area contributed by atoms with Gasteiger partial charge in [0.05, 0.1) is 0 Å². The molecule has 2 atom stereocenters. The summed E-state index contributed by atoms with van der Waals surface area (Å²) in [4.78, 5) is 0. The molecule has 23 heavy (non-hydrogen) atoms. The molecule has 0 nitrogen and oxygen atoms in total. The van der Waals surface area contributed by atoms with Crippen LogP contribution in [0.25, 0.3) is 0 Å². The van der Waals surface area contributed by atoms with Gasteiger partial charge in [-0.2, -0.15) is 0 Å². The maximum Gasteiger partial charge on any atom is 0.0232 e. The van der Waals surface area contributed by atoms with E-state index in [0.717, 1.165) is 6.42 Å². The van der Waals surface area contributed by atoms with Gasteiger partial charge >= 0.3 is 0 Å². The van der Waals surface area contributed by atoms with Gasteiger partial charge in [0.25, 0.3) is 0 Å². The summed E-state index contributed by atoms with van der Waals surface area (Å²) in [7, 11) is 0. The van der Waals surface area contributed by atoms with Gasteiger partial charge in [-0.15, -0.1) is 0 Å². The van der Waals surface area contributed by atoms with Crippen LogP contribution in [0.5, 0.6) is 0 Å².